The molecule has 0 aliphatic heterocycles. The average Bonchev–Trinajstić information content (AvgIpc) is 2.39. The average molecular weight is 240 g/mol. The predicted molar refractivity (Wildman–Crippen MR) is 72.7 cm³/mol. The van der Waals surface area contributed by atoms with E-state index in [9.17, 15) is 4.79 Å². The highest BCUT2D eigenvalue weighted by Crippen LogP contribution is 2.23. The van der Waals surface area contributed by atoms with Gasteiger partial charge in [-0.25, -0.2) is 0 Å². The van der Waals surface area contributed by atoms with Crippen molar-refractivity contribution in [1.82, 2.24) is 0 Å². The summed E-state index contributed by atoms with van der Waals surface area (Å²) in [4.78, 5) is 11.0. The van der Waals surface area contributed by atoms with Gasteiger partial charge in [0.1, 0.15) is 6.29 Å². The van der Waals surface area contributed by atoms with Crippen LogP contribution in [-0.4, -0.2) is 13.4 Å². The first-order valence-corrected chi connectivity index (χ1v) is 5.88. The van der Waals surface area contributed by atoms with Crippen molar-refractivity contribution < 1.29 is 9.53 Å². The van der Waals surface area contributed by atoms with E-state index in [2.05, 4.69) is 37.3 Å². The smallest absolute Gasteiger partial charge is 0.150 e. The van der Waals surface area contributed by atoms with Crippen LogP contribution in [0.25, 0.3) is 11.1 Å². The molecule has 0 bridgehead atoms. The zero-order valence-corrected chi connectivity index (χ0v) is 10.6. The highest BCUT2D eigenvalue weighted by atomic mass is 16.5. The van der Waals surface area contributed by atoms with Gasteiger partial charge in [-0.15, -0.1) is 0 Å². The van der Waals surface area contributed by atoms with Crippen molar-refractivity contribution in [2.75, 3.05) is 7.11 Å². The first-order chi connectivity index (χ1) is 8.72. The quantitative estimate of drug-likeness (QED) is 0.763. The van der Waals surface area contributed by atoms with Crippen molar-refractivity contribution in [1.29, 1.82) is 0 Å². The Labute approximate surface area is 107 Å². The van der Waals surface area contributed by atoms with Crippen LogP contribution in [0.1, 0.15) is 21.5 Å². The number of hydrogen-bond acceptors (Lipinski definition) is 2. The van der Waals surface area contributed by atoms with Crippen molar-refractivity contribution in [3.8, 4) is 11.1 Å². The van der Waals surface area contributed by atoms with E-state index in [0.717, 1.165) is 23.0 Å². The molecule has 0 saturated heterocycles. The summed E-state index contributed by atoms with van der Waals surface area (Å²) in [5.74, 6) is 0. The number of hydrogen-bond donors (Lipinski definition) is 0. The van der Waals surface area contributed by atoms with Gasteiger partial charge in [-0.3, -0.25) is 4.79 Å². The van der Waals surface area contributed by atoms with Crippen molar-refractivity contribution in [2.24, 2.45) is 0 Å². The molecular weight excluding hydrogens is 224 g/mol. The first kappa shape index (κ1) is 12.5. The summed E-state index contributed by atoms with van der Waals surface area (Å²) in [5.41, 5.74) is 5.08. The molecule has 0 N–H and O–H groups in total. The maximum atomic E-state index is 11.0. The Morgan fingerprint density at radius 3 is 2.39 bits per heavy atom. The molecule has 0 unspecified atom stereocenters. The second-order valence-electron chi connectivity index (χ2n) is 4.38. The third-order valence-electron chi connectivity index (χ3n) is 2.85. The van der Waals surface area contributed by atoms with E-state index in [0.29, 0.717) is 12.2 Å². The lowest BCUT2D eigenvalue weighted by atomic mass is 9.99. The van der Waals surface area contributed by atoms with Gasteiger partial charge in [-0.2, -0.15) is 0 Å². The number of methoxy groups -OCH3 is 1. The van der Waals surface area contributed by atoms with Crippen LogP contribution in [0.15, 0.2) is 42.5 Å². The van der Waals surface area contributed by atoms with Gasteiger partial charge in [-0.05, 0) is 41.8 Å². The van der Waals surface area contributed by atoms with Crippen molar-refractivity contribution in [3.05, 3.63) is 59.2 Å². The minimum atomic E-state index is 0.514. The van der Waals surface area contributed by atoms with E-state index < -0.39 is 0 Å². The summed E-state index contributed by atoms with van der Waals surface area (Å²) in [6.07, 6.45) is 0.872. The Balaban J connectivity index is 2.45. The fourth-order valence-electron chi connectivity index (χ4n) is 1.95. The molecule has 0 aliphatic rings. The molecule has 0 heterocycles. The Morgan fingerprint density at radius 1 is 1.06 bits per heavy atom. The van der Waals surface area contributed by atoms with E-state index >= 15 is 0 Å². The number of aryl methyl sites for hydroxylation is 1. The van der Waals surface area contributed by atoms with Crippen molar-refractivity contribution in [2.45, 2.75) is 13.5 Å². The molecule has 2 rings (SSSR count). The van der Waals surface area contributed by atoms with E-state index in [1.807, 2.05) is 12.1 Å². The Morgan fingerprint density at radius 2 is 1.78 bits per heavy atom. The fourth-order valence-corrected chi connectivity index (χ4v) is 1.95. The van der Waals surface area contributed by atoms with Crippen LogP contribution in [0, 0.1) is 6.92 Å². The van der Waals surface area contributed by atoms with Crippen molar-refractivity contribution >= 4 is 6.29 Å². The first-order valence-electron chi connectivity index (χ1n) is 5.88. The van der Waals surface area contributed by atoms with Crippen molar-refractivity contribution in [3.63, 3.8) is 0 Å². The minimum Gasteiger partial charge on any atom is -0.380 e. The monoisotopic (exact) mass is 240 g/mol. The molecule has 18 heavy (non-hydrogen) atoms. The molecule has 0 radical (unpaired) electrons. The lowest BCUT2D eigenvalue weighted by Gasteiger charge is -2.07. The number of carbonyl (C=O) groups is 1. The van der Waals surface area contributed by atoms with Gasteiger partial charge in [-0.1, -0.05) is 29.8 Å². The van der Waals surface area contributed by atoms with Gasteiger partial charge < -0.3 is 4.74 Å². The molecule has 0 spiro atoms. The van der Waals surface area contributed by atoms with Crippen LogP contribution in [-0.2, 0) is 11.3 Å². The highest BCUT2D eigenvalue weighted by molar-refractivity contribution is 5.79. The third kappa shape index (κ3) is 2.84. The second-order valence-corrected chi connectivity index (χ2v) is 4.38. The maximum Gasteiger partial charge on any atom is 0.150 e. The Hall–Kier alpha value is -1.93. The van der Waals surface area contributed by atoms with Gasteiger partial charge in [0.25, 0.3) is 0 Å². The molecule has 0 aliphatic carbocycles. The van der Waals surface area contributed by atoms with Crippen LogP contribution in [0.2, 0.25) is 0 Å². The van der Waals surface area contributed by atoms with Gasteiger partial charge in [0, 0.05) is 12.7 Å². The second kappa shape index (κ2) is 5.61. The summed E-state index contributed by atoms with van der Waals surface area (Å²) in [5, 5.41) is 0. The van der Waals surface area contributed by atoms with E-state index in [4.69, 9.17) is 4.74 Å². The molecule has 2 aromatic rings. The largest absolute Gasteiger partial charge is 0.380 e. The zero-order chi connectivity index (χ0) is 13.0. The summed E-state index contributed by atoms with van der Waals surface area (Å²) < 4.78 is 5.12. The molecule has 0 amide bonds. The lowest BCUT2D eigenvalue weighted by Crippen LogP contribution is -1.92. The molecule has 0 fully saturated rings. The number of carbonyl (C=O) groups excluding carboxylic acids is 1. The van der Waals surface area contributed by atoms with Gasteiger partial charge in [0.2, 0.25) is 0 Å². The normalized spacial score (nSPS) is 10.3. The number of rotatable bonds is 4. The number of aldehydes is 1. The van der Waals surface area contributed by atoms with Gasteiger partial charge in [0.05, 0.1) is 6.61 Å². The minimum absolute atomic E-state index is 0.514. The summed E-state index contributed by atoms with van der Waals surface area (Å²) in [6, 6.07) is 14.1. The Bertz CT molecular complexity index is 542. The topological polar surface area (TPSA) is 26.3 Å². The maximum absolute atomic E-state index is 11.0. The third-order valence-corrected chi connectivity index (χ3v) is 2.85. The molecule has 0 saturated carbocycles. The van der Waals surface area contributed by atoms with Crippen LogP contribution < -0.4 is 0 Å². The molecule has 2 aromatic carbocycles. The van der Waals surface area contributed by atoms with Crippen LogP contribution in [0.5, 0.6) is 0 Å². The summed E-state index contributed by atoms with van der Waals surface area (Å²) >= 11 is 0. The van der Waals surface area contributed by atoms with E-state index in [1.54, 1.807) is 7.11 Å². The standard InChI is InChI=1S/C16H16O2/c1-12-3-5-15(6-4-12)16-8-13(10-17)7-14(9-16)11-18-2/h3-10H,11H2,1-2H3. The molecular formula is C16H16O2. The SMILES string of the molecule is COCc1cc(C=O)cc(-c2ccc(C)cc2)c1. The zero-order valence-electron chi connectivity index (χ0n) is 10.6. The molecule has 2 nitrogen and oxygen atoms in total. The number of ether oxygens (including phenoxy) is 1. The van der Waals surface area contributed by atoms with Crippen LogP contribution in [0.4, 0.5) is 0 Å². The van der Waals surface area contributed by atoms with Crippen LogP contribution in [0.3, 0.4) is 0 Å². The lowest BCUT2D eigenvalue weighted by molar-refractivity contribution is 0.112. The number of benzene rings is 2. The van der Waals surface area contributed by atoms with E-state index in [-0.39, 0.29) is 0 Å². The molecule has 0 atom stereocenters. The molecule has 2 heteroatoms. The molecule has 0 aromatic heterocycles. The Kier molecular flexibility index (Phi) is 3.90. The highest BCUT2D eigenvalue weighted by Gasteiger charge is 2.03. The summed E-state index contributed by atoms with van der Waals surface area (Å²) in [7, 11) is 1.65. The predicted octanol–water partition coefficient (Wildman–Crippen LogP) is 3.62. The fraction of sp³-hybridized carbons (Fsp3) is 0.188. The van der Waals surface area contributed by atoms with E-state index in [1.165, 1.54) is 5.56 Å². The molecule has 92 valence electrons. The van der Waals surface area contributed by atoms with Gasteiger partial charge >= 0.3 is 0 Å². The summed E-state index contributed by atoms with van der Waals surface area (Å²) in [6.45, 7) is 2.57. The van der Waals surface area contributed by atoms with Gasteiger partial charge in [0.15, 0.2) is 0 Å². The van der Waals surface area contributed by atoms with Crippen LogP contribution >= 0.6 is 0 Å².